The summed E-state index contributed by atoms with van der Waals surface area (Å²) in [6.45, 7) is 2.06. The number of hydrogen-bond acceptors (Lipinski definition) is 8. The van der Waals surface area contributed by atoms with Gasteiger partial charge in [-0.25, -0.2) is 15.0 Å². The molecule has 1 saturated carbocycles. The average Bonchev–Trinajstić information content (AvgIpc) is 2.81. The minimum Gasteiger partial charge on any atom is -0.369 e. The fourth-order valence-electron chi connectivity index (χ4n) is 4.70. The van der Waals surface area contributed by atoms with E-state index in [9.17, 15) is 0 Å². The number of anilines is 3. The molecule has 0 saturated heterocycles. The highest BCUT2D eigenvalue weighted by Gasteiger charge is 2.42. The number of rotatable bonds is 4. The minimum atomic E-state index is -0.484. The minimum absolute atomic E-state index is 0.250. The summed E-state index contributed by atoms with van der Waals surface area (Å²) in [6, 6.07) is 18.0. The molecule has 2 heterocycles. The molecule has 33 heavy (non-hydrogen) atoms. The number of nitrogens with two attached hydrogens (primary N) is 2. The smallest absolute Gasteiger partial charge is 0.220 e. The van der Waals surface area contributed by atoms with Crippen LogP contribution in [0.25, 0.3) is 11.4 Å². The molecule has 8 heteroatoms. The van der Waals surface area contributed by atoms with E-state index in [1.54, 1.807) is 6.20 Å². The summed E-state index contributed by atoms with van der Waals surface area (Å²) >= 11 is 0. The lowest BCUT2D eigenvalue weighted by atomic mass is 9.87. The monoisotopic (exact) mass is 440 g/mol. The number of nitrogens with zero attached hydrogens (tertiary/aromatic N) is 5. The summed E-state index contributed by atoms with van der Waals surface area (Å²) in [6.07, 6.45) is 6.89. The number of aliphatic imine (C=N–C) groups is 2. The molecule has 0 unspecified atom stereocenters. The number of nitrogens with one attached hydrogen (secondary N) is 1. The Kier molecular flexibility index (Phi) is 5.42. The van der Waals surface area contributed by atoms with Gasteiger partial charge in [-0.1, -0.05) is 36.8 Å². The van der Waals surface area contributed by atoms with Crippen LogP contribution >= 0.6 is 0 Å². The SMILES string of the molecule is Cc1ccccc1Nc1ccnc(-c2cccc(N3C(N)=NC(N)=NC34CCCCC4)c2)n1. The van der Waals surface area contributed by atoms with Crippen LogP contribution in [0.4, 0.5) is 17.2 Å². The Morgan fingerprint density at radius 2 is 1.79 bits per heavy atom. The predicted octanol–water partition coefficient (Wildman–Crippen LogP) is 4.31. The number of aromatic nitrogens is 2. The van der Waals surface area contributed by atoms with Crippen molar-refractivity contribution >= 4 is 29.1 Å². The summed E-state index contributed by atoms with van der Waals surface area (Å²) in [4.78, 5) is 20.3. The maximum Gasteiger partial charge on any atom is 0.220 e. The maximum absolute atomic E-state index is 6.39. The molecule has 2 aromatic carbocycles. The molecule has 168 valence electrons. The van der Waals surface area contributed by atoms with Gasteiger partial charge in [0, 0.05) is 23.1 Å². The maximum atomic E-state index is 6.39. The van der Waals surface area contributed by atoms with E-state index in [4.69, 9.17) is 21.4 Å². The van der Waals surface area contributed by atoms with Crippen molar-refractivity contribution in [3.8, 4) is 11.4 Å². The molecule has 1 aliphatic heterocycles. The number of hydrogen-bond donors (Lipinski definition) is 3. The fraction of sp³-hybridized carbons (Fsp3) is 0.280. The highest BCUT2D eigenvalue weighted by molar-refractivity contribution is 6.05. The van der Waals surface area contributed by atoms with Crippen LogP contribution < -0.4 is 21.7 Å². The Hall–Kier alpha value is -3.94. The number of guanidine groups is 2. The summed E-state index contributed by atoms with van der Waals surface area (Å²) in [5.41, 5.74) is 15.9. The summed E-state index contributed by atoms with van der Waals surface area (Å²) < 4.78 is 0. The van der Waals surface area contributed by atoms with Crippen molar-refractivity contribution in [1.29, 1.82) is 0 Å². The van der Waals surface area contributed by atoms with Gasteiger partial charge in [0.25, 0.3) is 0 Å². The van der Waals surface area contributed by atoms with Crippen LogP contribution in [0.1, 0.15) is 37.7 Å². The van der Waals surface area contributed by atoms with Gasteiger partial charge in [0.1, 0.15) is 11.5 Å². The van der Waals surface area contributed by atoms with Crippen LogP contribution in [0.15, 0.2) is 70.8 Å². The van der Waals surface area contributed by atoms with Crippen LogP contribution in [0.3, 0.4) is 0 Å². The van der Waals surface area contributed by atoms with Crippen molar-refractivity contribution in [2.75, 3.05) is 10.2 Å². The Balaban J connectivity index is 1.49. The molecule has 0 atom stereocenters. The molecule has 2 aliphatic rings. The van der Waals surface area contributed by atoms with Gasteiger partial charge in [-0.3, -0.25) is 4.90 Å². The first kappa shape index (κ1) is 20.9. The topological polar surface area (TPSA) is 118 Å². The van der Waals surface area contributed by atoms with Crippen molar-refractivity contribution in [3.63, 3.8) is 0 Å². The first-order chi connectivity index (χ1) is 16.0. The van der Waals surface area contributed by atoms with Crippen molar-refractivity contribution in [1.82, 2.24) is 9.97 Å². The molecular formula is C25H28N8. The summed E-state index contributed by atoms with van der Waals surface area (Å²) in [5, 5.41) is 3.39. The predicted molar refractivity (Wildman–Crippen MR) is 133 cm³/mol. The molecule has 1 aromatic heterocycles. The van der Waals surface area contributed by atoms with Crippen molar-refractivity contribution in [2.45, 2.75) is 44.7 Å². The zero-order valence-electron chi connectivity index (χ0n) is 18.7. The van der Waals surface area contributed by atoms with Gasteiger partial charge in [-0.15, -0.1) is 0 Å². The van der Waals surface area contributed by atoms with Crippen LogP contribution in [-0.4, -0.2) is 27.5 Å². The largest absolute Gasteiger partial charge is 0.369 e. The fourth-order valence-corrected chi connectivity index (χ4v) is 4.70. The number of benzene rings is 2. The van der Waals surface area contributed by atoms with Gasteiger partial charge in [0.05, 0.1) is 0 Å². The van der Waals surface area contributed by atoms with Gasteiger partial charge >= 0.3 is 0 Å². The van der Waals surface area contributed by atoms with E-state index in [1.807, 2.05) is 53.4 Å². The quantitative estimate of drug-likeness (QED) is 0.556. The van der Waals surface area contributed by atoms with Crippen LogP contribution in [0.2, 0.25) is 0 Å². The normalized spacial score (nSPS) is 17.4. The number of aryl methyl sites for hydroxylation is 1. The molecule has 1 spiro atoms. The summed E-state index contributed by atoms with van der Waals surface area (Å²) in [7, 11) is 0. The average molecular weight is 441 g/mol. The molecule has 0 bridgehead atoms. The Bertz CT molecular complexity index is 1230. The van der Waals surface area contributed by atoms with Crippen molar-refractivity contribution < 1.29 is 0 Å². The van der Waals surface area contributed by atoms with Crippen LogP contribution in [0.5, 0.6) is 0 Å². The Labute approximate surface area is 193 Å². The highest BCUT2D eigenvalue weighted by atomic mass is 15.4. The van der Waals surface area contributed by atoms with Crippen LogP contribution in [0, 0.1) is 6.92 Å². The van der Waals surface area contributed by atoms with Gasteiger partial charge in [0.2, 0.25) is 11.9 Å². The first-order valence-corrected chi connectivity index (χ1v) is 11.3. The lowest BCUT2D eigenvalue weighted by Gasteiger charge is -2.45. The van der Waals surface area contributed by atoms with E-state index in [0.29, 0.717) is 11.8 Å². The molecular weight excluding hydrogens is 412 g/mol. The van der Waals surface area contributed by atoms with E-state index in [1.165, 1.54) is 6.42 Å². The highest BCUT2D eigenvalue weighted by Crippen LogP contribution is 2.40. The van der Waals surface area contributed by atoms with Gasteiger partial charge in [0.15, 0.2) is 5.82 Å². The van der Waals surface area contributed by atoms with Crippen LogP contribution in [-0.2, 0) is 0 Å². The van der Waals surface area contributed by atoms with E-state index in [0.717, 1.165) is 54.0 Å². The molecule has 8 nitrogen and oxygen atoms in total. The Morgan fingerprint density at radius 1 is 0.970 bits per heavy atom. The number of para-hydroxylation sites is 1. The van der Waals surface area contributed by atoms with E-state index >= 15 is 0 Å². The molecule has 1 fully saturated rings. The molecule has 5 N–H and O–H groups in total. The first-order valence-electron chi connectivity index (χ1n) is 11.3. The van der Waals surface area contributed by atoms with E-state index < -0.39 is 5.66 Å². The second kappa shape index (κ2) is 8.54. The van der Waals surface area contributed by atoms with E-state index in [2.05, 4.69) is 28.3 Å². The Morgan fingerprint density at radius 3 is 2.61 bits per heavy atom. The second-order valence-electron chi connectivity index (χ2n) is 8.57. The van der Waals surface area contributed by atoms with Gasteiger partial charge in [-0.05, 0) is 62.4 Å². The second-order valence-corrected chi connectivity index (χ2v) is 8.57. The van der Waals surface area contributed by atoms with Crippen molar-refractivity contribution in [2.24, 2.45) is 21.5 Å². The lowest BCUT2D eigenvalue weighted by Crippen LogP contribution is -2.58. The third-order valence-corrected chi connectivity index (χ3v) is 6.28. The zero-order chi connectivity index (χ0) is 22.8. The third-order valence-electron chi connectivity index (χ3n) is 6.28. The van der Waals surface area contributed by atoms with Crippen molar-refractivity contribution in [3.05, 3.63) is 66.4 Å². The molecule has 1 aliphatic carbocycles. The standard InChI is InChI=1S/C25H28N8/c1-17-8-3-4-11-20(17)29-21-12-15-28-22(30-21)18-9-7-10-19(16-18)33-24(27)31-23(26)32-25(33)13-5-2-6-14-25/h3-4,7-12,15-16H,2,5-6,13-14H2,1H3,(H,28,29,30)(H4,26,27,31,32). The van der Waals surface area contributed by atoms with E-state index in [-0.39, 0.29) is 5.96 Å². The van der Waals surface area contributed by atoms with Gasteiger partial charge < -0.3 is 16.8 Å². The zero-order valence-corrected chi connectivity index (χ0v) is 18.7. The lowest BCUT2D eigenvalue weighted by molar-refractivity contribution is 0.305. The molecule has 0 amide bonds. The summed E-state index contributed by atoms with van der Waals surface area (Å²) in [5.74, 6) is 1.99. The third kappa shape index (κ3) is 4.11. The molecule has 0 radical (unpaired) electrons. The van der Waals surface area contributed by atoms with Gasteiger partial charge in [-0.2, -0.15) is 4.99 Å². The molecule has 5 rings (SSSR count). The molecule has 3 aromatic rings.